The lowest BCUT2D eigenvalue weighted by Crippen LogP contribution is -2.34. The number of para-hydroxylation sites is 1. The van der Waals surface area contributed by atoms with Gasteiger partial charge in [-0.15, -0.1) is 0 Å². The number of hydrogen-bond donors (Lipinski definition) is 1. The van der Waals surface area contributed by atoms with Crippen molar-refractivity contribution in [2.24, 2.45) is 5.92 Å². The second-order valence-electron chi connectivity index (χ2n) is 6.35. The van der Waals surface area contributed by atoms with Crippen LogP contribution in [0.4, 0.5) is 11.4 Å². The quantitative estimate of drug-likeness (QED) is 0.658. The monoisotopic (exact) mass is 340 g/mol. The van der Waals surface area contributed by atoms with Crippen molar-refractivity contribution in [3.63, 3.8) is 0 Å². The molecule has 2 aromatic rings. The number of nitro benzene ring substituents is 1. The molecule has 0 unspecified atom stereocenters. The molecule has 0 saturated carbocycles. The highest BCUT2D eigenvalue weighted by molar-refractivity contribution is 5.79. The third-order valence-corrected chi connectivity index (χ3v) is 4.71. The number of benzene rings is 2. The van der Waals surface area contributed by atoms with Gasteiger partial charge in [-0.2, -0.15) is 0 Å². The maximum Gasteiger partial charge on any atom is 0.303 e. The van der Waals surface area contributed by atoms with Gasteiger partial charge < -0.3 is 10.0 Å². The SMILES string of the molecule is O=C(O)CC1CCN(c2ccccc2-c2ccc([N+](=O)[O-])cc2)CC1. The molecule has 0 radical (unpaired) electrons. The molecular formula is C19H20N2O4. The summed E-state index contributed by atoms with van der Waals surface area (Å²) < 4.78 is 0. The van der Waals surface area contributed by atoms with Crippen molar-refractivity contribution >= 4 is 17.3 Å². The topological polar surface area (TPSA) is 83.7 Å². The smallest absolute Gasteiger partial charge is 0.303 e. The Balaban J connectivity index is 1.80. The third-order valence-electron chi connectivity index (χ3n) is 4.71. The molecule has 1 aliphatic heterocycles. The molecule has 1 aliphatic rings. The number of nitrogens with zero attached hydrogens (tertiary/aromatic N) is 2. The molecule has 0 spiro atoms. The fourth-order valence-corrected chi connectivity index (χ4v) is 3.38. The highest BCUT2D eigenvalue weighted by Gasteiger charge is 2.23. The van der Waals surface area contributed by atoms with E-state index in [-0.39, 0.29) is 18.0 Å². The molecule has 2 aromatic carbocycles. The Morgan fingerprint density at radius 2 is 1.76 bits per heavy atom. The first-order valence-corrected chi connectivity index (χ1v) is 8.35. The van der Waals surface area contributed by atoms with E-state index in [1.807, 2.05) is 24.3 Å². The predicted molar refractivity (Wildman–Crippen MR) is 95.7 cm³/mol. The third kappa shape index (κ3) is 3.96. The summed E-state index contributed by atoms with van der Waals surface area (Å²) in [6.45, 7) is 1.64. The lowest BCUT2D eigenvalue weighted by Gasteiger charge is -2.34. The van der Waals surface area contributed by atoms with E-state index in [1.54, 1.807) is 12.1 Å². The summed E-state index contributed by atoms with van der Waals surface area (Å²) in [6.07, 6.45) is 1.96. The molecule has 1 fully saturated rings. The van der Waals surface area contributed by atoms with E-state index in [2.05, 4.69) is 4.90 Å². The number of aliphatic carboxylic acids is 1. The Kier molecular flexibility index (Phi) is 4.97. The second-order valence-corrected chi connectivity index (χ2v) is 6.35. The van der Waals surface area contributed by atoms with Crippen LogP contribution in [-0.2, 0) is 4.79 Å². The Hall–Kier alpha value is -2.89. The Morgan fingerprint density at radius 3 is 2.36 bits per heavy atom. The number of piperidine rings is 1. The van der Waals surface area contributed by atoms with Gasteiger partial charge in [0.25, 0.3) is 5.69 Å². The van der Waals surface area contributed by atoms with Crippen LogP contribution < -0.4 is 4.90 Å². The predicted octanol–water partition coefficient (Wildman–Crippen LogP) is 3.95. The first-order chi connectivity index (χ1) is 12.0. The van der Waals surface area contributed by atoms with Crippen molar-refractivity contribution in [1.29, 1.82) is 0 Å². The lowest BCUT2D eigenvalue weighted by molar-refractivity contribution is -0.384. The van der Waals surface area contributed by atoms with Crippen molar-refractivity contribution in [3.05, 3.63) is 58.6 Å². The fraction of sp³-hybridized carbons (Fsp3) is 0.316. The number of anilines is 1. The van der Waals surface area contributed by atoms with Crippen LogP contribution in [0.3, 0.4) is 0 Å². The molecule has 1 heterocycles. The van der Waals surface area contributed by atoms with Gasteiger partial charge in [-0.05, 0) is 42.5 Å². The van der Waals surface area contributed by atoms with E-state index in [4.69, 9.17) is 5.11 Å². The van der Waals surface area contributed by atoms with Crippen LogP contribution in [-0.4, -0.2) is 29.1 Å². The van der Waals surface area contributed by atoms with Gasteiger partial charge in [0.2, 0.25) is 0 Å². The van der Waals surface area contributed by atoms with E-state index >= 15 is 0 Å². The van der Waals surface area contributed by atoms with E-state index in [9.17, 15) is 14.9 Å². The summed E-state index contributed by atoms with van der Waals surface area (Å²) in [7, 11) is 0. The van der Waals surface area contributed by atoms with Crippen LogP contribution in [0.5, 0.6) is 0 Å². The average molecular weight is 340 g/mol. The van der Waals surface area contributed by atoms with E-state index in [0.717, 1.165) is 42.7 Å². The van der Waals surface area contributed by atoms with Gasteiger partial charge >= 0.3 is 5.97 Å². The molecule has 1 N–H and O–H groups in total. The molecule has 0 bridgehead atoms. The highest BCUT2D eigenvalue weighted by atomic mass is 16.6. The second kappa shape index (κ2) is 7.34. The molecule has 1 saturated heterocycles. The standard InChI is InChI=1S/C19H20N2O4/c22-19(23)13-14-9-11-20(12-10-14)18-4-2-1-3-17(18)15-5-7-16(8-6-15)21(24)25/h1-8,14H,9-13H2,(H,22,23). The maximum atomic E-state index is 10.9. The van der Waals surface area contributed by atoms with Gasteiger partial charge in [-0.1, -0.05) is 18.2 Å². The van der Waals surface area contributed by atoms with Gasteiger partial charge in [-0.3, -0.25) is 14.9 Å². The van der Waals surface area contributed by atoms with Crippen molar-refractivity contribution in [2.45, 2.75) is 19.3 Å². The molecule has 0 aromatic heterocycles. The van der Waals surface area contributed by atoms with Gasteiger partial charge in [0.1, 0.15) is 0 Å². The van der Waals surface area contributed by atoms with Crippen LogP contribution >= 0.6 is 0 Å². The van der Waals surface area contributed by atoms with Gasteiger partial charge in [0.15, 0.2) is 0 Å². The zero-order valence-electron chi connectivity index (χ0n) is 13.8. The Morgan fingerprint density at radius 1 is 1.12 bits per heavy atom. The summed E-state index contributed by atoms with van der Waals surface area (Å²) in [4.78, 5) is 23.6. The molecule has 6 heteroatoms. The number of carboxylic acid groups (broad SMARTS) is 1. The first kappa shape index (κ1) is 17.0. The Bertz CT molecular complexity index is 765. The average Bonchev–Trinajstić information content (AvgIpc) is 2.62. The number of hydrogen-bond acceptors (Lipinski definition) is 4. The Labute approximate surface area is 145 Å². The lowest BCUT2D eigenvalue weighted by atomic mass is 9.92. The maximum absolute atomic E-state index is 10.9. The number of carboxylic acids is 1. The van der Waals surface area contributed by atoms with Gasteiger partial charge in [0, 0.05) is 42.9 Å². The summed E-state index contributed by atoms with van der Waals surface area (Å²) >= 11 is 0. The van der Waals surface area contributed by atoms with Crippen molar-refractivity contribution in [1.82, 2.24) is 0 Å². The largest absolute Gasteiger partial charge is 0.481 e. The normalized spacial score (nSPS) is 15.1. The number of rotatable bonds is 5. The van der Waals surface area contributed by atoms with E-state index < -0.39 is 10.9 Å². The zero-order chi connectivity index (χ0) is 17.8. The number of carbonyl (C=O) groups is 1. The highest BCUT2D eigenvalue weighted by Crippen LogP contribution is 2.34. The molecule has 0 amide bonds. The van der Waals surface area contributed by atoms with Gasteiger partial charge in [0.05, 0.1) is 4.92 Å². The summed E-state index contributed by atoms with van der Waals surface area (Å²) in [6, 6.07) is 14.6. The number of nitro groups is 1. The first-order valence-electron chi connectivity index (χ1n) is 8.35. The molecule has 0 atom stereocenters. The van der Waals surface area contributed by atoms with E-state index in [1.165, 1.54) is 12.1 Å². The molecule has 6 nitrogen and oxygen atoms in total. The summed E-state index contributed by atoms with van der Waals surface area (Å²) in [5.41, 5.74) is 3.14. The minimum Gasteiger partial charge on any atom is -0.481 e. The fourth-order valence-electron chi connectivity index (χ4n) is 3.38. The minimum absolute atomic E-state index is 0.0794. The van der Waals surface area contributed by atoms with Crippen LogP contribution in [0.25, 0.3) is 11.1 Å². The summed E-state index contributed by atoms with van der Waals surface area (Å²) in [5.74, 6) is -0.495. The van der Waals surface area contributed by atoms with Crippen molar-refractivity contribution in [3.8, 4) is 11.1 Å². The van der Waals surface area contributed by atoms with Crippen LogP contribution in [0, 0.1) is 16.0 Å². The molecule has 130 valence electrons. The molecule has 3 rings (SSSR count). The minimum atomic E-state index is -0.732. The zero-order valence-corrected chi connectivity index (χ0v) is 13.8. The summed E-state index contributed by atoms with van der Waals surface area (Å²) in [5, 5.41) is 19.8. The van der Waals surface area contributed by atoms with E-state index in [0.29, 0.717) is 0 Å². The molecule has 0 aliphatic carbocycles. The molecular weight excluding hydrogens is 320 g/mol. The van der Waals surface area contributed by atoms with Crippen LogP contribution in [0.2, 0.25) is 0 Å². The van der Waals surface area contributed by atoms with Crippen molar-refractivity contribution < 1.29 is 14.8 Å². The number of non-ortho nitro benzene ring substituents is 1. The van der Waals surface area contributed by atoms with Crippen LogP contribution in [0.1, 0.15) is 19.3 Å². The van der Waals surface area contributed by atoms with Gasteiger partial charge in [-0.25, -0.2) is 0 Å². The van der Waals surface area contributed by atoms with Crippen LogP contribution in [0.15, 0.2) is 48.5 Å². The van der Waals surface area contributed by atoms with Crippen molar-refractivity contribution in [2.75, 3.05) is 18.0 Å². The molecule has 25 heavy (non-hydrogen) atoms.